The van der Waals surface area contributed by atoms with Crippen LogP contribution in [-0.2, 0) is 6.42 Å². The molecule has 15 heavy (non-hydrogen) atoms. The van der Waals surface area contributed by atoms with Gasteiger partial charge in [-0.15, -0.1) is 0 Å². The second kappa shape index (κ2) is 4.33. The molecule has 0 aromatic heterocycles. The summed E-state index contributed by atoms with van der Waals surface area (Å²) in [6, 6.07) is 10.3. The molecule has 2 rings (SSSR count). The molecule has 0 bridgehead atoms. The third-order valence-electron chi connectivity index (χ3n) is 3.41. The van der Waals surface area contributed by atoms with Crippen LogP contribution in [0, 0.1) is 5.92 Å². The minimum absolute atomic E-state index is 0.216. The van der Waals surface area contributed by atoms with Gasteiger partial charge in [0, 0.05) is 5.92 Å². The fourth-order valence-corrected chi connectivity index (χ4v) is 2.43. The Morgan fingerprint density at radius 2 is 2.00 bits per heavy atom. The Morgan fingerprint density at radius 1 is 1.27 bits per heavy atom. The van der Waals surface area contributed by atoms with Gasteiger partial charge >= 0.3 is 0 Å². The highest BCUT2D eigenvalue weighted by Crippen LogP contribution is 2.32. The number of hydrogen-bond donors (Lipinski definition) is 2. The Labute approximate surface area is 91.1 Å². The van der Waals surface area contributed by atoms with E-state index in [2.05, 4.69) is 12.1 Å². The summed E-state index contributed by atoms with van der Waals surface area (Å²) in [4.78, 5) is 0. The van der Waals surface area contributed by atoms with Gasteiger partial charge < -0.3 is 10.8 Å². The van der Waals surface area contributed by atoms with Gasteiger partial charge in [-0.05, 0) is 31.2 Å². The van der Waals surface area contributed by atoms with Crippen LogP contribution in [0.1, 0.15) is 31.2 Å². The molecule has 1 aromatic carbocycles. The van der Waals surface area contributed by atoms with Crippen LogP contribution in [0.4, 0.5) is 0 Å². The highest BCUT2D eigenvalue weighted by atomic mass is 16.3. The van der Waals surface area contributed by atoms with Gasteiger partial charge in [-0.3, -0.25) is 0 Å². The average Bonchev–Trinajstić information content (AvgIpc) is 2.23. The number of nitrogens with two attached hydrogens (primary N) is 1. The first kappa shape index (κ1) is 10.7. The van der Waals surface area contributed by atoms with Crippen LogP contribution in [0.2, 0.25) is 0 Å². The van der Waals surface area contributed by atoms with Crippen LogP contribution in [0.25, 0.3) is 0 Å². The maximum Gasteiger partial charge on any atom is 0.116 e. The zero-order chi connectivity index (χ0) is 10.7. The van der Waals surface area contributed by atoms with E-state index in [0.29, 0.717) is 0 Å². The van der Waals surface area contributed by atoms with Gasteiger partial charge in [0.1, 0.15) is 5.72 Å². The average molecular weight is 205 g/mol. The number of aliphatic hydroxyl groups is 1. The molecule has 0 aliphatic heterocycles. The van der Waals surface area contributed by atoms with E-state index in [9.17, 15) is 5.11 Å². The van der Waals surface area contributed by atoms with E-state index in [1.165, 1.54) is 12.0 Å². The lowest BCUT2D eigenvalue weighted by atomic mass is 9.78. The molecule has 1 aliphatic rings. The van der Waals surface area contributed by atoms with Crippen LogP contribution in [0.5, 0.6) is 0 Å². The van der Waals surface area contributed by atoms with Crippen molar-refractivity contribution in [3.05, 3.63) is 35.9 Å². The molecule has 1 fully saturated rings. The molecule has 0 saturated heterocycles. The van der Waals surface area contributed by atoms with Crippen molar-refractivity contribution in [2.45, 2.75) is 37.8 Å². The number of rotatable bonds is 2. The molecule has 2 heteroatoms. The van der Waals surface area contributed by atoms with Crippen molar-refractivity contribution in [3.63, 3.8) is 0 Å². The van der Waals surface area contributed by atoms with Crippen LogP contribution in [0.15, 0.2) is 30.3 Å². The molecular weight excluding hydrogens is 186 g/mol. The molecule has 1 aliphatic carbocycles. The smallest absolute Gasteiger partial charge is 0.116 e. The third-order valence-corrected chi connectivity index (χ3v) is 3.41. The Morgan fingerprint density at radius 3 is 2.67 bits per heavy atom. The summed E-state index contributed by atoms with van der Waals surface area (Å²) >= 11 is 0. The highest BCUT2D eigenvalue weighted by molar-refractivity contribution is 5.16. The Kier molecular flexibility index (Phi) is 3.08. The molecular formula is C13H19NO. The molecule has 1 saturated carbocycles. The molecule has 0 radical (unpaired) electrons. The second-order valence-corrected chi connectivity index (χ2v) is 4.62. The number of hydrogen-bond acceptors (Lipinski definition) is 2. The predicted molar refractivity (Wildman–Crippen MR) is 61.2 cm³/mol. The van der Waals surface area contributed by atoms with Crippen molar-refractivity contribution in [3.8, 4) is 0 Å². The second-order valence-electron chi connectivity index (χ2n) is 4.62. The topological polar surface area (TPSA) is 46.2 Å². The van der Waals surface area contributed by atoms with Gasteiger partial charge in [0.25, 0.3) is 0 Å². The highest BCUT2D eigenvalue weighted by Gasteiger charge is 2.34. The Balaban J connectivity index is 2.05. The summed E-state index contributed by atoms with van der Waals surface area (Å²) < 4.78 is 0. The van der Waals surface area contributed by atoms with Crippen LogP contribution in [-0.4, -0.2) is 10.8 Å². The van der Waals surface area contributed by atoms with Crippen LogP contribution >= 0.6 is 0 Å². The lowest BCUT2D eigenvalue weighted by Gasteiger charge is -2.36. The first-order valence-corrected chi connectivity index (χ1v) is 5.74. The Bertz CT molecular complexity index is 308. The SMILES string of the molecule is NC1(O)CCCCC1Cc1ccccc1. The van der Waals surface area contributed by atoms with Gasteiger partial charge in [-0.2, -0.15) is 0 Å². The maximum atomic E-state index is 10.1. The zero-order valence-corrected chi connectivity index (χ0v) is 9.02. The standard InChI is InChI=1S/C13H19NO/c14-13(15)9-5-4-8-12(13)10-11-6-2-1-3-7-11/h1-3,6-7,12,15H,4-5,8-10,14H2. The van der Waals surface area contributed by atoms with Gasteiger partial charge in [0.05, 0.1) is 0 Å². The van der Waals surface area contributed by atoms with Crippen LogP contribution in [0.3, 0.4) is 0 Å². The Hall–Kier alpha value is -0.860. The van der Waals surface area contributed by atoms with E-state index in [-0.39, 0.29) is 5.92 Å². The summed E-state index contributed by atoms with van der Waals surface area (Å²) in [6.07, 6.45) is 4.93. The lowest BCUT2D eigenvalue weighted by molar-refractivity contribution is -0.0426. The van der Waals surface area contributed by atoms with Gasteiger partial charge in [0.2, 0.25) is 0 Å². The largest absolute Gasteiger partial charge is 0.376 e. The molecule has 1 aromatic rings. The fourth-order valence-electron chi connectivity index (χ4n) is 2.43. The fraction of sp³-hybridized carbons (Fsp3) is 0.538. The summed E-state index contributed by atoms with van der Waals surface area (Å²) in [5, 5.41) is 10.1. The quantitative estimate of drug-likeness (QED) is 0.726. The van der Waals surface area contributed by atoms with E-state index >= 15 is 0 Å². The summed E-state index contributed by atoms with van der Waals surface area (Å²) in [5.74, 6) is 0.216. The van der Waals surface area contributed by atoms with Gasteiger partial charge in [0.15, 0.2) is 0 Å². The van der Waals surface area contributed by atoms with Crippen molar-refractivity contribution in [2.24, 2.45) is 11.7 Å². The normalized spacial score (nSPS) is 31.5. The third kappa shape index (κ3) is 2.58. The summed E-state index contributed by atoms with van der Waals surface area (Å²) in [5.41, 5.74) is 6.25. The van der Waals surface area contributed by atoms with E-state index in [1.54, 1.807) is 0 Å². The van der Waals surface area contributed by atoms with Crippen molar-refractivity contribution < 1.29 is 5.11 Å². The van der Waals surface area contributed by atoms with Crippen molar-refractivity contribution in [1.29, 1.82) is 0 Å². The summed E-state index contributed by atoms with van der Waals surface area (Å²) in [6.45, 7) is 0. The molecule has 2 atom stereocenters. The predicted octanol–water partition coefficient (Wildman–Crippen LogP) is 2.07. The van der Waals surface area contributed by atoms with Crippen molar-refractivity contribution in [2.75, 3.05) is 0 Å². The first-order chi connectivity index (χ1) is 7.18. The maximum absolute atomic E-state index is 10.1. The van der Waals surface area contributed by atoms with Crippen molar-refractivity contribution >= 4 is 0 Å². The van der Waals surface area contributed by atoms with Gasteiger partial charge in [-0.1, -0.05) is 36.8 Å². The molecule has 2 unspecified atom stereocenters. The van der Waals surface area contributed by atoms with Gasteiger partial charge in [-0.25, -0.2) is 0 Å². The zero-order valence-electron chi connectivity index (χ0n) is 9.02. The van der Waals surface area contributed by atoms with Crippen molar-refractivity contribution in [1.82, 2.24) is 0 Å². The van der Waals surface area contributed by atoms with E-state index in [0.717, 1.165) is 25.7 Å². The van der Waals surface area contributed by atoms with E-state index < -0.39 is 5.72 Å². The molecule has 0 amide bonds. The summed E-state index contributed by atoms with van der Waals surface area (Å²) in [7, 11) is 0. The number of benzene rings is 1. The molecule has 3 N–H and O–H groups in total. The molecule has 0 spiro atoms. The molecule has 82 valence electrons. The monoisotopic (exact) mass is 205 g/mol. The minimum atomic E-state index is -0.950. The first-order valence-electron chi connectivity index (χ1n) is 5.74. The minimum Gasteiger partial charge on any atom is -0.376 e. The molecule has 0 heterocycles. The molecule has 2 nitrogen and oxygen atoms in total. The van der Waals surface area contributed by atoms with E-state index in [1.807, 2.05) is 18.2 Å². The van der Waals surface area contributed by atoms with E-state index in [4.69, 9.17) is 5.73 Å². The lowest BCUT2D eigenvalue weighted by Crippen LogP contribution is -2.49. The van der Waals surface area contributed by atoms with Crippen LogP contribution < -0.4 is 5.73 Å².